The van der Waals surface area contributed by atoms with Gasteiger partial charge in [0.15, 0.2) is 5.69 Å². The Balaban J connectivity index is 2.93. The first kappa shape index (κ1) is 14.4. The summed E-state index contributed by atoms with van der Waals surface area (Å²) in [7, 11) is 1.19. The molecule has 8 heteroatoms. The molecule has 1 aromatic rings. The van der Waals surface area contributed by atoms with E-state index >= 15 is 0 Å². The zero-order valence-electron chi connectivity index (χ0n) is 10.4. The van der Waals surface area contributed by atoms with Crippen LogP contribution in [-0.2, 0) is 9.53 Å². The van der Waals surface area contributed by atoms with Crippen LogP contribution in [0.4, 0.5) is 0 Å². The predicted octanol–water partition coefficient (Wildman–Crippen LogP) is -0.193. The Morgan fingerprint density at radius 1 is 1.58 bits per heavy atom. The minimum Gasteiger partial charge on any atom is -0.505 e. The van der Waals surface area contributed by atoms with E-state index < -0.39 is 11.9 Å². The molecular formula is C11H13N3O5. The summed E-state index contributed by atoms with van der Waals surface area (Å²) in [6.45, 7) is 1.21. The van der Waals surface area contributed by atoms with Crippen molar-refractivity contribution in [2.45, 2.75) is 6.92 Å². The quantitative estimate of drug-likeness (QED) is 0.301. The highest BCUT2D eigenvalue weighted by atomic mass is 16.5. The fourth-order valence-corrected chi connectivity index (χ4v) is 1.27. The van der Waals surface area contributed by atoms with E-state index in [1.807, 2.05) is 0 Å². The maximum Gasteiger partial charge on any atom is 0.325 e. The van der Waals surface area contributed by atoms with Crippen molar-refractivity contribution in [2.75, 3.05) is 13.7 Å². The van der Waals surface area contributed by atoms with E-state index in [0.717, 1.165) is 6.21 Å². The maximum atomic E-state index is 11.7. The molecule has 102 valence electrons. The molecule has 0 fully saturated rings. The second-order valence-electron chi connectivity index (χ2n) is 3.54. The third-order valence-electron chi connectivity index (χ3n) is 2.38. The highest BCUT2D eigenvalue weighted by molar-refractivity contribution is 5.97. The van der Waals surface area contributed by atoms with Gasteiger partial charge in [0.2, 0.25) is 0 Å². The molecule has 0 aromatic carbocycles. The Hall–Kier alpha value is -2.64. The standard InChI is InChI=1S/C11H13N3O5/c1-6-7(4-14-18)3-12-9(10(6)16)11(17)13-5-8(15)19-2/h3-4,16,18H,5H2,1-2H3,(H,13,17)/b14-4+. The van der Waals surface area contributed by atoms with Crippen molar-refractivity contribution < 1.29 is 24.6 Å². The summed E-state index contributed by atoms with van der Waals surface area (Å²) in [6, 6.07) is 0. The van der Waals surface area contributed by atoms with Crippen molar-refractivity contribution >= 4 is 18.1 Å². The van der Waals surface area contributed by atoms with Crippen LogP contribution in [0.5, 0.6) is 5.75 Å². The molecule has 0 atom stereocenters. The van der Waals surface area contributed by atoms with Crippen molar-refractivity contribution in [2.24, 2.45) is 5.16 Å². The number of oxime groups is 1. The summed E-state index contributed by atoms with van der Waals surface area (Å²) < 4.78 is 4.36. The number of hydrogen-bond acceptors (Lipinski definition) is 7. The van der Waals surface area contributed by atoms with Crippen LogP contribution in [0.1, 0.15) is 21.6 Å². The number of rotatable bonds is 4. The van der Waals surface area contributed by atoms with Gasteiger partial charge in [-0.05, 0) is 6.92 Å². The summed E-state index contributed by atoms with van der Waals surface area (Å²) in [6.07, 6.45) is 2.35. The molecule has 0 saturated heterocycles. The molecule has 0 aliphatic rings. The molecule has 0 bridgehead atoms. The lowest BCUT2D eigenvalue weighted by Gasteiger charge is -2.08. The van der Waals surface area contributed by atoms with Crippen molar-refractivity contribution in [3.8, 4) is 5.75 Å². The molecule has 19 heavy (non-hydrogen) atoms. The fraction of sp³-hybridized carbons (Fsp3) is 0.273. The molecule has 0 aliphatic heterocycles. The van der Waals surface area contributed by atoms with Crippen LogP contribution in [0, 0.1) is 6.92 Å². The smallest absolute Gasteiger partial charge is 0.325 e. The number of pyridine rings is 1. The largest absolute Gasteiger partial charge is 0.505 e. The number of nitrogens with zero attached hydrogens (tertiary/aromatic N) is 2. The molecule has 0 saturated carbocycles. The number of carbonyl (C=O) groups is 2. The maximum absolute atomic E-state index is 11.7. The molecule has 1 rings (SSSR count). The van der Waals surface area contributed by atoms with Crippen LogP contribution in [-0.4, -0.2) is 47.0 Å². The Kier molecular flexibility index (Phi) is 4.81. The highest BCUT2D eigenvalue weighted by Gasteiger charge is 2.17. The minimum atomic E-state index is -0.710. The van der Waals surface area contributed by atoms with Gasteiger partial charge in [0, 0.05) is 17.3 Å². The third kappa shape index (κ3) is 3.41. The highest BCUT2D eigenvalue weighted by Crippen LogP contribution is 2.22. The topological polar surface area (TPSA) is 121 Å². The lowest BCUT2D eigenvalue weighted by molar-refractivity contribution is -0.139. The molecule has 1 amide bonds. The number of aromatic hydroxyl groups is 1. The first-order valence-corrected chi connectivity index (χ1v) is 5.22. The SMILES string of the molecule is COC(=O)CNC(=O)c1ncc(/C=N/O)c(C)c1O. The predicted molar refractivity (Wildman–Crippen MR) is 64.4 cm³/mol. The number of carbonyl (C=O) groups excluding carboxylic acids is 2. The summed E-state index contributed by atoms with van der Waals surface area (Å²) >= 11 is 0. The molecule has 1 heterocycles. The molecule has 0 spiro atoms. The van der Waals surface area contributed by atoms with Gasteiger partial charge in [-0.3, -0.25) is 9.59 Å². The van der Waals surface area contributed by atoms with Gasteiger partial charge in [0.25, 0.3) is 5.91 Å². The van der Waals surface area contributed by atoms with Crippen LogP contribution in [0.25, 0.3) is 0 Å². The van der Waals surface area contributed by atoms with E-state index in [9.17, 15) is 14.7 Å². The lowest BCUT2D eigenvalue weighted by Crippen LogP contribution is -2.30. The van der Waals surface area contributed by atoms with Gasteiger partial charge in [-0.15, -0.1) is 0 Å². The molecular weight excluding hydrogens is 254 g/mol. The van der Waals surface area contributed by atoms with Crippen LogP contribution < -0.4 is 5.32 Å². The summed E-state index contributed by atoms with van der Waals surface area (Å²) in [5, 5.41) is 23.3. The second kappa shape index (κ2) is 6.34. The first-order valence-electron chi connectivity index (χ1n) is 5.22. The number of hydrogen-bond donors (Lipinski definition) is 3. The van der Waals surface area contributed by atoms with E-state index in [4.69, 9.17) is 5.21 Å². The average Bonchev–Trinajstić information content (AvgIpc) is 2.41. The van der Waals surface area contributed by atoms with E-state index in [1.165, 1.54) is 20.2 Å². The van der Waals surface area contributed by atoms with Crippen LogP contribution in [0.2, 0.25) is 0 Å². The van der Waals surface area contributed by atoms with Crippen molar-refractivity contribution in [1.29, 1.82) is 0 Å². The lowest BCUT2D eigenvalue weighted by atomic mass is 10.1. The van der Waals surface area contributed by atoms with E-state index in [2.05, 4.69) is 20.2 Å². The van der Waals surface area contributed by atoms with E-state index in [-0.39, 0.29) is 18.0 Å². The number of ether oxygens (including phenoxy) is 1. The Morgan fingerprint density at radius 3 is 2.84 bits per heavy atom. The zero-order valence-corrected chi connectivity index (χ0v) is 10.4. The molecule has 8 nitrogen and oxygen atoms in total. The Morgan fingerprint density at radius 2 is 2.26 bits per heavy atom. The molecule has 0 radical (unpaired) electrons. The Bertz CT molecular complexity index is 527. The van der Waals surface area contributed by atoms with E-state index in [0.29, 0.717) is 11.1 Å². The van der Waals surface area contributed by atoms with Gasteiger partial charge in [-0.1, -0.05) is 5.16 Å². The van der Waals surface area contributed by atoms with Crippen molar-refractivity contribution in [3.05, 3.63) is 23.0 Å². The molecule has 0 aliphatic carbocycles. The van der Waals surface area contributed by atoms with Crippen LogP contribution >= 0.6 is 0 Å². The summed E-state index contributed by atoms with van der Waals surface area (Å²) in [5.41, 5.74) is 0.469. The number of aromatic nitrogens is 1. The number of amides is 1. The third-order valence-corrected chi connectivity index (χ3v) is 2.38. The molecule has 0 unspecified atom stereocenters. The van der Waals surface area contributed by atoms with Gasteiger partial charge in [0.1, 0.15) is 12.3 Å². The monoisotopic (exact) mass is 267 g/mol. The van der Waals surface area contributed by atoms with Crippen LogP contribution in [0.15, 0.2) is 11.4 Å². The molecule has 1 aromatic heterocycles. The molecule has 3 N–H and O–H groups in total. The number of methoxy groups -OCH3 is 1. The van der Waals surface area contributed by atoms with Crippen molar-refractivity contribution in [3.63, 3.8) is 0 Å². The van der Waals surface area contributed by atoms with Crippen molar-refractivity contribution in [1.82, 2.24) is 10.3 Å². The Labute approximate surface area is 108 Å². The van der Waals surface area contributed by atoms with Gasteiger partial charge < -0.3 is 20.4 Å². The first-order chi connectivity index (χ1) is 9.01. The summed E-state index contributed by atoms with van der Waals surface area (Å²) in [5.74, 6) is -1.67. The minimum absolute atomic E-state index is 0.225. The zero-order chi connectivity index (χ0) is 14.4. The number of nitrogens with one attached hydrogen (secondary N) is 1. The normalized spacial score (nSPS) is 10.4. The van der Waals surface area contributed by atoms with Gasteiger partial charge >= 0.3 is 5.97 Å². The van der Waals surface area contributed by atoms with Crippen LogP contribution in [0.3, 0.4) is 0 Å². The second-order valence-corrected chi connectivity index (χ2v) is 3.54. The van der Waals surface area contributed by atoms with Gasteiger partial charge in [-0.2, -0.15) is 0 Å². The number of esters is 1. The summed E-state index contributed by atoms with van der Waals surface area (Å²) in [4.78, 5) is 26.3. The fourth-order valence-electron chi connectivity index (χ4n) is 1.27. The van der Waals surface area contributed by atoms with Gasteiger partial charge in [0.05, 0.1) is 13.3 Å². The van der Waals surface area contributed by atoms with Gasteiger partial charge in [-0.25, -0.2) is 4.98 Å². The van der Waals surface area contributed by atoms with E-state index in [1.54, 1.807) is 0 Å². The average molecular weight is 267 g/mol.